The quantitative estimate of drug-likeness (QED) is 0.621. The molecule has 1 unspecified atom stereocenters. The van der Waals surface area contributed by atoms with Crippen LogP contribution in [0.15, 0.2) is 36.4 Å². The summed E-state index contributed by atoms with van der Waals surface area (Å²) in [5.41, 5.74) is 5.69. The van der Waals surface area contributed by atoms with Gasteiger partial charge in [0.15, 0.2) is 5.52 Å². The van der Waals surface area contributed by atoms with Gasteiger partial charge in [-0.1, -0.05) is 36.4 Å². The van der Waals surface area contributed by atoms with E-state index in [0.29, 0.717) is 0 Å². The van der Waals surface area contributed by atoms with E-state index in [4.69, 9.17) is 0 Å². The Morgan fingerprint density at radius 2 is 1.20 bits per heavy atom. The number of aryl methyl sites for hydroxylation is 4. The molecular weight excluding hydrogens is 258 g/mol. The van der Waals surface area contributed by atoms with E-state index in [1.54, 1.807) is 0 Å². The van der Waals surface area contributed by atoms with Crippen LogP contribution in [0.2, 0.25) is 0 Å². The molecular formula is C17H20LiOP. The van der Waals surface area contributed by atoms with Gasteiger partial charge >= 0.3 is 18.9 Å². The van der Waals surface area contributed by atoms with E-state index in [1.165, 1.54) is 16.4 Å². The van der Waals surface area contributed by atoms with Gasteiger partial charge in [0, 0.05) is 5.56 Å². The number of carbonyl (C=O) groups excluding carboxylic acids is 1. The van der Waals surface area contributed by atoms with Gasteiger partial charge in [0.1, 0.15) is 0 Å². The summed E-state index contributed by atoms with van der Waals surface area (Å²) in [6, 6.07) is 12.2. The van der Waals surface area contributed by atoms with Crippen molar-refractivity contribution in [1.29, 1.82) is 0 Å². The molecule has 0 saturated carbocycles. The van der Waals surface area contributed by atoms with Crippen molar-refractivity contribution in [3.63, 3.8) is 0 Å². The van der Waals surface area contributed by atoms with Crippen LogP contribution in [-0.4, -0.2) is 24.4 Å². The molecule has 0 bridgehead atoms. The molecule has 3 heteroatoms. The second-order valence-corrected chi connectivity index (χ2v) is 6.19. The van der Waals surface area contributed by atoms with Crippen LogP contribution in [0.4, 0.5) is 0 Å². The fraction of sp³-hybridized carbons (Fsp3) is 0.235. The van der Waals surface area contributed by atoms with E-state index in [9.17, 15) is 4.79 Å². The average Bonchev–Trinajstić information content (AvgIpc) is 2.34. The minimum atomic E-state index is 0. The molecule has 0 fully saturated rings. The Balaban J connectivity index is 0.00000200. The van der Waals surface area contributed by atoms with E-state index >= 15 is 0 Å². The second-order valence-electron chi connectivity index (χ2n) is 4.99. The molecule has 0 spiro atoms. The Hall–Kier alpha value is -0.863. The molecule has 0 aliphatic rings. The Morgan fingerprint density at radius 1 is 0.800 bits per heavy atom. The fourth-order valence-electron chi connectivity index (χ4n) is 2.36. The van der Waals surface area contributed by atoms with Crippen LogP contribution < -0.4 is 5.30 Å². The van der Waals surface area contributed by atoms with Crippen molar-refractivity contribution < 1.29 is 4.79 Å². The molecule has 1 nitrogen and oxygen atoms in total. The van der Waals surface area contributed by atoms with Crippen LogP contribution in [0.1, 0.15) is 32.6 Å². The summed E-state index contributed by atoms with van der Waals surface area (Å²) in [6.45, 7) is 8.17. The third-order valence-corrected chi connectivity index (χ3v) is 4.94. The van der Waals surface area contributed by atoms with E-state index in [-0.39, 0.29) is 33.0 Å². The fourth-order valence-corrected chi connectivity index (χ4v) is 3.67. The zero-order valence-electron chi connectivity index (χ0n) is 11.9. The molecule has 20 heavy (non-hydrogen) atoms. The molecule has 0 amide bonds. The van der Waals surface area contributed by atoms with Crippen LogP contribution in [-0.2, 0) is 0 Å². The van der Waals surface area contributed by atoms with Crippen molar-refractivity contribution >= 4 is 38.3 Å². The Morgan fingerprint density at radius 3 is 1.65 bits per heavy atom. The van der Waals surface area contributed by atoms with Gasteiger partial charge < -0.3 is 0 Å². The zero-order chi connectivity index (χ0) is 14.0. The van der Waals surface area contributed by atoms with Crippen molar-refractivity contribution in [3.05, 3.63) is 64.2 Å². The maximum absolute atomic E-state index is 12.6. The topological polar surface area (TPSA) is 17.1 Å². The molecule has 0 aliphatic heterocycles. The number of benzene rings is 2. The van der Waals surface area contributed by atoms with E-state index in [0.717, 1.165) is 16.7 Å². The summed E-state index contributed by atoms with van der Waals surface area (Å²) in [5, 5.41) is 1.19. The summed E-state index contributed by atoms with van der Waals surface area (Å²) in [5.74, 6) is 0. The van der Waals surface area contributed by atoms with Crippen molar-refractivity contribution in [2.45, 2.75) is 27.7 Å². The summed E-state index contributed by atoms with van der Waals surface area (Å²) in [6.07, 6.45) is 0. The van der Waals surface area contributed by atoms with Gasteiger partial charge in [-0.15, -0.1) is 0 Å². The van der Waals surface area contributed by atoms with Gasteiger partial charge in [-0.05, 0) is 63.8 Å². The van der Waals surface area contributed by atoms with Crippen molar-refractivity contribution in [2.24, 2.45) is 0 Å². The third kappa shape index (κ3) is 3.61. The van der Waals surface area contributed by atoms with Gasteiger partial charge in [-0.2, -0.15) is 0 Å². The van der Waals surface area contributed by atoms with Crippen LogP contribution in [0.25, 0.3) is 0 Å². The van der Waals surface area contributed by atoms with E-state index in [2.05, 4.69) is 26.0 Å². The Bertz CT molecular complexity index is 594. The molecule has 2 aromatic rings. The molecule has 0 heterocycles. The molecule has 0 aromatic heterocycles. The number of rotatable bonds is 3. The maximum atomic E-state index is 12.6. The SMILES string of the molecule is Cc1cccc(C)c1PC(=O)c1c(C)cccc1C.[LiH]. The standard InChI is InChI=1S/C17H19OP.Li.H/c1-11-7-5-8-12(2)15(11)17(18)19-16-13(3)9-6-10-14(16)4;;/h5-10,19H,1-4H3;;. The molecule has 0 N–H and O–H groups in total. The van der Waals surface area contributed by atoms with Crippen LogP contribution in [0, 0.1) is 27.7 Å². The Labute approximate surface area is 135 Å². The Kier molecular flexibility index (Phi) is 6.22. The van der Waals surface area contributed by atoms with E-state index < -0.39 is 0 Å². The molecule has 2 rings (SSSR count). The normalized spacial score (nSPS) is 10.6. The van der Waals surface area contributed by atoms with Gasteiger partial charge in [0.25, 0.3) is 0 Å². The van der Waals surface area contributed by atoms with Gasteiger partial charge in [0.05, 0.1) is 0 Å². The van der Waals surface area contributed by atoms with Crippen LogP contribution >= 0.6 is 8.58 Å². The number of hydrogen-bond donors (Lipinski definition) is 0. The number of carbonyl (C=O) groups is 1. The monoisotopic (exact) mass is 278 g/mol. The van der Waals surface area contributed by atoms with Crippen LogP contribution in [0.3, 0.4) is 0 Å². The molecule has 0 radical (unpaired) electrons. The second kappa shape index (κ2) is 7.23. The predicted molar refractivity (Wildman–Crippen MR) is 91.3 cm³/mol. The molecule has 1 atom stereocenters. The summed E-state index contributed by atoms with van der Waals surface area (Å²) in [4.78, 5) is 12.6. The first-order valence-corrected chi connectivity index (χ1v) is 7.44. The average molecular weight is 278 g/mol. The predicted octanol–water partition coefficient (Wildman–Crippen LogP) is 3.42. The number of hydrogen-bond acceptors (Lipinski definition) is 1. The van der Waals surface area contributed by atoms with E-state index in [1.807, 2.05) is 38.1 Å². The molecule has 0 saturated heterocycles. The van der Waals surface area contributed by atoms with Crippen molar-refractivity contribution in [3.8, 4) is 0 Å². The van der Waals surface area contributed by atoms with Crippen molar-refractivity contribution in [2.75, 3.05) is 0 Å². The summed E-state index contributed by atoms with van der Waals surface area (Å²) >= 11 is 0. The zero-order valence-corrected chi connectivity index (χ0v) is 12.9. The first-order valence-electron chi connectivity index (χ1n) is 6.44. The minimum absolute atomic E-state index is 0. The van der Waals surface area contributed by atoms with Gasteiger partial charge in [0.2, 0.25) is 0 Å². The first kappa shape index (κ1) is 17.2. The molecule has 2 aromatic carbocycles. The van der Waals surface area contributed by atoms with Gasteiger partial charge in [-0.3, -0.25) is 4.79 Å². The molecule has 0 aliphatic carbocycles. The van der Waals surface area contributed by atoms with Crippen molar-refractivity contribution in [1.82, 2.24) is 0 Å². The van der Waals surface area contributed by atoms with Crippen LogP contribution in [0.5, 0.6) is 0 Å². The third-order valence-electron chi connectivity index (χ3n) is 3.43. The molecule has 100 valence electrons. The van der Waals surface area contributed by atoms with Gasteiger partial charge in [-0.25, -0.2) is 0 Å². The summed E-state index contributed by atoms with van der Waals surface area (Å²) in [7, 11) is 0.207. The summed E-state index contributed by atoms with van der Waals surface area (Å²) < 4.78 is 0. The first-order chi connectivity index (χ1) is 9.00.